The van der Waals surface area contributed by atoms with Gasteiger partial charge in [-0.3, -0.25) is 4.79 Å². The summed E-state index contributed by atoms with van der Waals surface area (Å²) in [5.41, 5.74) is 1.30. The molecule has 0 saturated heterocycles. The van der Waals surface area contributed by atoms with Crippen molar-refractivity contribution in [2.45, 2.75) is 38.4 Å². The molecule has 2 N–H and O–H groups in total. The number of hydrogen-bond donors (Lipinski definition) is 2. The SMILES string of the molecule is CC(CCCC(F)(F)F)Nc1ccc2c(c1)NC(=O)CO2. The zero-order valence-electron chi connectivity index (χ0n) is 11.6. The molecule has 1 atom stereocenters. The van der Waals surface area contributed by atoms with Gasteiger partial charge in [-0.2, -0.15) is 13.2 Å². The van der Waals surface area contributed by atoms with Gasteiger partial charge in [-0.15, -0.1) is 0 Å². The van der Waals surface area contributed by atoms with Crippen LogP contribution in [0, 0.1) is 0 Å². The fourth-order valence-corrected chi connectivity index (χ4v) is 2.14. The first-order valence-corrected chi connectivity index (χ1v) is 6.73. The number of alkyl halides is 3. The molecule has 0 radical (unpaired) electrons. The molecule has 0 aromatic heterocycles. The highest BCUT2D eigenvalue weighted by Crippen LogP contribution is 2.31. The Morgan fingerprint density at radius 3 is 2.90 bits per heavy atom. The van der Waals surface area contributed by atoms with Crippen LogP contribution in [-0.2, 0) is 4.79 Å². The van der Waals surface area contributed by atoms with Gasteiger partial charge in [0, 0.05) is 18.2 Å². The molecule has 0 fully saturated rings. The summed E-state index contributed by atoms with van der Waals surface area (Å²) in [5.74, 6) is 0.364. The number of ether oxygens (including phenoxy) is 1. The van der Waals surface area contributed by atoms with Crippen molar-refractivity contribution >= 4 is 17.3 Å². The molecule has 1 heterocycles. The zero-order valence-corrected chi connectivity index (χ0v) is 11.6. The molecule has 1 aromatic carbocycles. The van der Waals surface area contributed by atoms with Crippen LogP contribution in [0.1, 0.15) is 26.2 Å². The van der Waals surface area contributed by atoms with Crippen LogP contribution >= 0.6 is 0 Å². The van der Waals surface area contributed by atoms with Crippen LogP contribution < -0.4 is 15.4 Å². The highest BCUT2D eigenvalue weighted by Gasteiger charge is 2.26. The Balaban J connectivity index is 1.88. The third-order valence-corrected chi connectivity index (χ3v) is 3.12. The van der Waals surface area contributed by atoms with Gasteiger partial charge < -0.3 is 15.4 Å². The average Bonchev–Trinajstić information content (AvgIpc) is 2.36. The molecule has 0 bridgehead atoms. The minimum Gasteiger partial charge on any atom is -0.482 e. The van der Waals surface area contributed by atoms with Crippen molar-refractivity contribution in [3.8, 4) is 5.75 Å². The topological polar surface area (TPSA) is 50.4 Å². The van der Waals surface area contributed by atoms with Gasteiger partial charge in [-0.1, -0.05) is 0 Å². The normalized spacial score (nSPS) is 15.7. The van der Waals surface area contributed by atoms with E-state index < -0.39 is 12.6 Å². The lowest BCUT2D eigenvalue weighted by Gasteiger charge is -2.20. The first kappa shape index (κ1) is 15.5. The third-order valence-electron chi connectivity index (χ3n) is 3.12. The molecule has 2 rings (SSSR count). The predicted octanol–water partition coefficient (Wildman–Crippen LogP) is 3.55. The maximum Gasteiger partial charge on any atom is 0.389 e. The summed E-state index contributed by atoms with van der Waals surface area (Å²) in [6.45, 7) is 1.82. The molecule has 1 aliphatic rings. The Kier molecular flexibility index (Phi) is 4.59. The second-order valence-electron chi connectivity index (χ2n) is 5.10. The van der Waals surface area contributed by atoms with Gasteiger partial charge in [0.05, 0.1) is 5.69 Å². The molecule has 21 heavy (non-hydrogen) atoms. The molecule has 1 unspecified atom stereocenters. The standard InChI is InChI=1S/C14H17F3N2O2/c1-9(3-2-6-14(15,16)17)18-10-4-5-12-11(7-10)19-13(20)8-21-12/h4-5,7,9,18H,2-3,6,8H2,1H3,(H,19,20). The first-order chi connectivity index (χ1) is 9.83. The van der Waals surface area contributed by atoms with E-state index in [-0.39, 0.29) is 25.0 Å². The smallest absolute Gasteiger partial charge is 0.389 e. The van der Waals surface area contributed by atoms with Crippen LogP contribution in [0.4, 0.5) is 24.5 Å². The van der Waals surface area contributed by atoms with Crippen molar-refractivity contribution in [2.24, 2.45) is 0 Å². The van der Waals surface area contributed by atoms with Crippen LogP contribution in [0.15, 0.2) is 18.2 Å². The number of benzene rings is 1. The lowest BCUT2D eigenvalue weighted by Crippen LogP contribution is -2.25. The highest BCUT2D eigenvalue weighted by atomic mass is 19.4. The van der Waals surface area contributed by atoms with Crippen LogP contribution in [0.2, 0.25) is 0 Å². The highest BCUT2D eigenvalue weighted by molar-refractivity contribution is 5.96. The van der Waals surface area contributed by atoms with Crippen molar-refractivity contribution in [1.29, 1.82) is 0 Å². The number of carbonyl (C=O) groups excluding carboxylic acids is 1. The number of carbonyl (C=O) groups is 1. The van der Waals surface area contributed by atoms with Gasteiger partial charge in [-0.25, -0.2) is 0 Å². The molecule has 7 heteroatoms. The summed E-state index contributed by atoms with van der Waals surface area (Å²) in [7, 11) is 0. The van der Waals surface area contributed by atoms with Gasteiger partial charge in [-0.05, 0) is 38.0 Å². The molecule has 1 aromatic rings. The number of rotatable bonds is 5. The predicted molar refractivity (Wildman–Crippen MR) is 73.6 cm³/mol. The van der Waals surface area contributed by atoms with Gasteiger partial charge in [0.2, 0.25) is 0 Å². The van der Waals surface area contributed by atoms with Crippen molar-refractivity contribution in [1.82, 2.24) is 0 Å². The molecule has 0 saturated carbocycles. The minimum absolute atomic E-state index is 0.00633. The Labute approximate surface area is 120 Å². The molecule has 0 aliphatic carbocycles. The van der Waals surface area contributed by atoms with E-state index in [0.29, 0.717) is 17.9 Å². The van der Waals surface area contributed by atoms with Crippen LogP contribution in [0.25, 0.3) is 0 Å². The first-order valence-electron chi connectivity index (χ1n) is 6.73. The lowest BCUT2D eigenvalue weighted by molar-refractivity contribution is -0.135. The van der Waals surface area contributed by atoms with E-state index in [2.05, 4.69) is 10.6 Å². The van der Waals surface area contributed by atoms with E-state index in [1.807, 2.05) is 6.92 Å². The van der Waals surface area contributed by atoms with Crippen LogP contribution in [0.5, 0.6) is 5.75 Å². The van der Waals surface area contributed by atoms with Crippen LogP contribution in [0.3, 0.4) is 0 Å². The van der Waals surface area contributed by atoms with E-state index in [4.69, 9.17) is 4.74 Å². The number of hydrogen-bond acceptors (Lipinski definition) is 3. The fraction of sp³-hybridized carbons (Fsp3) is 0.500. The summed E-state index contributed by atoms with van der Waals surface area (Å²) < 4.78 is 41.5. The largest absolute Gasteiger partial charge is 0.482 e. The van der Waals surface area contributed by atoms with Gasteiger partial charge >= 0.3 is 6.18 Å². The monoisotopic (exact) mass is 302 g/mol. The number of fused-ring (bicyclic) bond motifs is 1. The number of nitrogens with one attached hydrogen (secondary N) is 2. The van der Waals surface area contributed by atoms with Gasteiger partial charge in [0.1, 0.15) is 5.75 Å². The van der Waals surface area contributed by atoms with Crippen molar-refractivity contribution in [2.75, 3.05) is 17.2 Å². The van der Waals surface area contributed by atoms with E-state index >= 15 is 0 Å². The van der Waals surface area contributed by atoms with E-state index in [0.717, 1.165) is 5.69 Å². The number of anilines is 2. The van der Waals surface area contributed by atoms with Crippen molar-refractivity contribution in [3.63, 3.8) is 0 Å². The number of amides is 1. The quantitative estimate of drug-likeness (QED) is 0.874. The maximum absolute atomic E-state index is 12.1. The Bertz CT molecular complexity index is 517. The van der Waals surface area contributed by atoms with Gasteiger partial charge in [0.15, 0.2) is 6.61 Å². The summed E-state index contributed by atoms with van der Waals surface area (Å²) >= 11 is 0. The molecule has 4 nitrogen and oxygen atoms in total. The summed E-state index contributed by atoms with van der Waals surface area (Å²) in [6, 6.07) is 5.12. The van der Waals surface area contributed by atoms with Crippen LogP contribution in [-0.4, -0.2) is 24.7 Å². The molecule has 1 amide bonds. The lowest BCUT2D eigenvalue weighted by atomic mass is 10.1. The molecule has 1 aliphatic heterocycles. The Morgan fingerprint density at radius 2 is 2.19 bits per heavy atom. The van der Waals surface area contributed by atoms with Crippen molar-refractivity contribution in [3.05, 3.63) is 18.2 Å². The molecular weight excluding hydrogens is 285 g/mol. The second kappa shape index (κ2) is 6.24. The maximum atomic E-state index is 12.1. The fourth-order valence-electron chi connectivity index (χ4n) is 2.14. The van der Waals surface area contributed by atoms with E-state index in [9.17, 15) is 18.0 Å². The average molecular weight is 302 g/mol. The third kappa shape index (κ3) is 4.84. The van der Waals surface area contributed by atoms with Crippen molar-refractivity contribution < 1.29 is 22.7 Å². The summed E-state index contributed by atoms with van der Waals surface area (Å²) in [4.78, 5) is 11.2. The summed E-state index contributed by atoms with van der Waals surface area (Å²) in [5, 5.41) is 5.80. The molecule has 116 valence electrons. The Hall–Kier alpha value is -1.92. The number of halogens is 3. The van der Waals surface area contributed by atoms with Gasteiger partial charge in [0.25, 0.3) is 5.91 Å². The second-order valence-corrected chi connectivity index (χ2v) is 5.10. The summed E-state index contributed by atoms with van der Waals surface area (Å²) in [6.07, 6.45) is -4.37. The van der Waals surface area contributed by atoms with E-state index in [1.165, 1.54) is 0 Å². The molecular formula is C14H17F3N2O2. The molecule has 0 spiro atoms. The zero-order chi connectivity index (χ0) is 15.5. The Morgan fingerprint density at radius 1 is 1.43 bits per heavy atom. The minimum atomic E-state index is -4.10. The van der Waals surface area contributed by atoms with E-state index in [1.54, 1.807) is 18.2 Å².